The lowest BCUT2D eigenvalue weighted by Gasteiger charge is -2.35. The summed E-state index contributed by atoms with van der Waals surface area (Å²) < 4.78 is 12.7. The molecule has 1 unspecified atom stereocenters. The fourth-order valence-electron chi connectivity index (χ4n) is 3.82. The molecule has 30 heavy (non-hydrogen) atoms. The molecule has 3 nitrogen and oxygen atoms in total. The number of hydrogen-bond acceptors (Lipinski definition) is 2. The van der Waals surface area contributed by atoms with Gasteiger partial charge in [-0.05, 0) is 30.9 Å². The Hall–Kier alpha value is -1.84. The van der Waals surface area contributed by atoms with Gasteiger partial charge >= 0.3 is 0 Å². The van der Waals surface area contributed by atoms with Crippen LogP contribution in [0.1, 0.15) is 51.5 Å². The Kier molecular flexibility index (Phi) is 11.6. The van der Waals surface area contributed by atoms with E-state index >= 15 is 0 Å². The first kappa shape index (κ1) is 24.4. The van der Waals surface area contributed by atoms with Crippen LogP contribution in [0.4, 0.5) is 0 Å². The highest BCUT2D eigenvalue weighted by atomic mass is 16.5. The Morgan fingerprint density at radius 3 is 2.10 bits per heavy atom. The molecule has 0 aliphatic rings. The number of likely N-dealkylation sites (N-methyl/N-ethyl adjacent to an activating group) is 1. The SMILES string of the molecule is CC(C)CCCCCC[N+](C)(CCOCCOc1ccccc1)Cc1ccccc1. The van der Waals surface area contributed by atoms with Gasteiger partial charge in [0, 0.05) is 5.56 Å². The van der Waals surface area contributed by atoms with Crippen LogP contribution in [0, 0.1) is 5.92 Å². The second-order valence-electron chi connectivity index (χ2n) is 9.08. The average Bonchev–Trinajstić information content (AvgIpc) is 2.74. The molecule has 2 rings (SSSR count). The minimum absolute atomic E-state index is 0.599. The summed E-state index contributed by atoms with van der Waals surface area (Å²) in [6, 6.07) is 20.8. The number of para-hydroxylation sites is 1. The first-order valence-corrected chi connectivity index (χ1v) is 11.7. The Bertz CT molecular complexity index is 659. The summed E-state index contributed by atoms with van der Waals surface area (Å²) in [6.07, 6.45) is 6.70. The molecule has 0 radical (unpaired) electrons. The van der Waals surface area contributed by atoms with Gasteiger partial charge < -0.3 is 14.0 Å². The van der Waals surface area contributed by atoms with Crippen LogP contribution in [-0.2, 0) is 11.3 Å². The molecule has 0 saturated heterocycles. The molecular formula is C27H42NO2+. The molecule has 1 atom stereocenters. The van der Waals surface area contributed by atoms with Gasteiger partial charge in [-0.15, -0.1) is 0 Å². The third kappa shape index (κ3) is 10.8. The van der Waals surface area contributed by atoms with Crippen molar-refractivity contribution in [3.8, 4) is 5.75 Å². The fourth-order valence-corrected chi connectivity index (χ4v) is 3.82. The summed E-state index contributed by atoms with van der Waals surface area (Å²) in [5, 5.41) is 0. The number of ether oxygens (including phenoxy) is 2. The van der Waals surface area contributed by atoms with Crippen LogP contribution in [0.5, 0.6) is 5.75 Å². The fraction of sp³-hybridized carbons (Fsp3) is 0.556. The maximum Gasteiger partial charge on any atom is 0.119 e. The third-order valence-electron chi connectivity index (χ3n) is 5.65. The van der Waals surface area contributed by atoms with Gasteiger partial charge in [0.15, 0.2) is 0 Å². The second kappa shape index (κ2) is 14.2. The van der Waals surface area contributed by atoms with E-state index in [4.69, 9.17) is 9.47 Å². The number of benzene rings is 2. The zero-order valence-corrected chi connectivity index (χ0v) is 19.4. The Balaban J connectivity index is 1.71. The summed E-state index contributed by atoms with van der Waals surface area (Å²) in [5.41, 5.74) is 1.41. The van der Waals surface area contributed by atoms with E-state index in [0.29, 0.717) is 13.2 Å². The van der Waals surface area contributed by atoms with Crippen LogP contribution in [0.2, 0.25) is 0 Å². The molecular weight excluding hydrogens is 370 g/mol. The molecule has 0 fully saturated rings. The van der Waals surface area contributed by atoms with Gasteiger partial charge in [0.05, 0.1) is 26.8 Å². The minimum Gasteiger partial charge on any atom is -0.491 e. The molecule has 3 heteroatoms. The van der Waals surface area contributed by atoms with Crippen molar-refractivity contribution < 1.29 is 14.0 Å². The minimum atomic E-state index is 0.599. The van der Waals surface area contributed by atoms with Crippen LogP contribution in [0.3, 0.4) is 0 Å². The standard InChI is InChI=1S/C27H42NO2/c1-25(2)14-8-4-5-13-19-28(3,24-26-15-9-6-10-16-26)20-21-29-22-23-30-27-17-11-7-12-18-27/h6-7,9-12,15-18,25H,4-5,8,13-14,19-24H2,1-3H3/q+1. The maximum atomic E-state index is 5.92. The highest BCUT2D eigenvalue weighted by molar-refractivity contribution is 5.20. The molecule has 0 amide bonds. The summed E-state index contributed by atoms with van der Waals surface area (Å²) in [6.45, 7) is 9.95. The number of unbranched alkanes of at least 4 members (excludes halogenated alkanes) is 3. The quantitative estimate of drug-likeness (QED) is 0.237. The Labute approximate surface area is 184 Å². The van der Waals surface area contributed by atoms with Crippen LogP contribution in [0.15, 0.2) is 60.7 Å². The van der Waals surface area contributed by atoms with Crippen molar-refractivity contribution in [1.29, 1.82) is 0 Å². The van der Waals surface area contributed by atoms with Crippen LogP contribution >= 0.6 is 0 Å². The first-order chi connectivity index (χ1) is 14.6. The molecule has 0 aromatic heterocycles. The number of quaternary nitrogens is 1. The van der Waals surface area contributed by atoms with Crippen LogP contribution < -0.4 is 4.74 Å². The van der Waals surface area contributed by atoms with Crippen molar-refractivity contribution in [1.82, 2.24) is 0 Å². The molecule has 0 bridgehead atoms. The Morgan fingerprint density at radius 2 is 1.40 bits per heavy atom. The topological polar surface area (TPSA) is 18.5 Å². The van der Waals surface area contributed by atoms with Crippen molar-refractivity contribution in [2.45, 2.75) is 52.5 Å². The van der Waals surface area contributed by atoms with Crippen LogP contribution in [0.25, 0.3) is 0 Å². The normalized spacial score (nSPS) is 13.3. The van der Waals surface area contributed by atoms with Crippen molar-refractivity contribution in [3.05, 3.63) is 66.2 Å². The van der Waals surface area contributed by atoms with Crippen molar-refractivity contribution >= 4 is 0 Å². The molecule has 2 aromatic carbocycles. The maximum absolute atomic E-state index is 5.92. The van der Waals surface area contributed by atoms with E-state index in [9.17, 15) is 0 Å². The average molecular weight is 413 g/mol. The predicted molar refractivity (Wildman–Crippen MR) is 127 cm³/mol. The van der Waals surface area contributed by atoms with E-state index in [1.54, 1.807) is 0 Å². The summed E-state index contributed by atoms with van der Waals surface area (Å²) in [4.78, 5) is 0. The smallest absolute Gasteiger partial charge is 0.119 e. The summed E-state index contributed by atoms with van der Waals surface area (Å²) in [5.74, 6) is 1.73. The van der Waals surface area contributed by atoms with Gasteiger partial charge in [0.2, 0.25) is 0 Å². The second-order valence-corrected chi connectivity index (χ2v) is 9.08. The van der Waals surface area contributed by atoms with E-state index in [2.05, 4.69) is 51.2 Å². The summed E-state index contributed by atoms with van der Waals surface area (Å²) >= 11 is 0. The van der Waals surface area contributed by atoms with Gasteiger partial charge in [-0.1, -0.05) is 81.6 Å². The van der Waals surface area contributed by atoms with Crippen molar-refractivity contribution in [2.75, 3.05) is 40.0 Å². The van der Waals surface area contributed by atoms with Crippen molar-refractivity contribution in [2.24, 2.45) is 5.92 Å². The van der Waals surface area contributed by atoms with Crippen LogP contribution in [-0.4, -0.2) is 44.4 Å². The highest BCUT2D eigenvalue weighted by Crippen LogP contribution is 2.16. The molecule has 0 N–H and O–H groups in total. The number of nitrogens with zero attached hydrogens (tertiary/aromatic N) is 1. The van der Waals surface area contributed by atoms with Gasteiger partial charge in [-0.2, -0.15) is 0 Å². The molecule has 0 heterocycles. The monoisotopic (exact) mass is 412 g/mol. The Morgan fingerprint density at radius 1 is 0.733 bits per heavy atom. The van der Waals surface area contributed by atoms with E-state index in [-0.39, 0.29) is 0 Å². The van der Waals surface area contributed by atoms with E-state index in [1.165, 1.54) is 44.2 Å². The number of hydrogen-bond donors (Lipinski definition) is 0. The zero-order valence-electron chi connectivity index (χ0n) is 19.4. The largest absolute Gasteiger partial charge is 0.491 e. The zero-order chi connectivity index (χ0) is 21.5. The van der Waals surface area contributed by atoms with Crippen molar-refractivity contribution in [3.63, 3.8) is 0 Å². The van der Waals surface area contributed by atoms with E-state index in [1.807, 2.05) is 30.3 Å². The van der Waals surface area contributed by atoms with Gasteiger partial charge in [-0.25, -0.2) is 0 Å². The molecule has 166 valence electrons. The molecule has 2 aromatic rings. The summed E-state index contributed by atoms with van der Waals surface area (Å²) in [7, 11) is 2.38. The van der Waals surface area contributed by atoms with E-state index < -0.39 is 0 Å². The van der Waals surface area contributed by atoms with Gasteiger partial charge in [0.1, 0.15) is 25.4 Å². The molecule has 0 aliphatic carbocycles. The lowest BCUT2D eigenvalue weighted by molar-refractivity contribution is -0.923. The third-order valence-corrected chi connectivity index (χ3v) is 5.65. The first-order valence-electron chi connectivity index (χ1n) is 11.7. The van der Waals surface area contributed by atoms with Gasteiger partial charge in [-0.3, -0.25) is 0 Å². The van der Waals surface area contributed by atoms with Gasteiger partial charge in [0.25, 0.3) is 0 Å². The molecule has 0 aliphatic heterocycles. The molecule has 0 saturated carbocycles. The number of rotatable bonds is 16. The van der Waals surface area contributed by atoms with E-state index in [0.717, 1.165) is 35.8 Å². The predicted octanol–water partition coefficient (Wildman–Crippen LogP) is 6.34. The highest BCUT2D eigenvalue weighted by Gasteiger charge is 2.21. The lowest BCUT2D eigenvalue weighted by Crippen LogP contribution is -2.46. The lowest BCUT2D eigenvalue weighted by atomic mass is 10.0. The molecule has 0 spiro atoms.